The monoisotopic (exact) mass is 538 g/mol. The summed E-state index contributed by atoms with van der Waals surface area (Å²) in [4.78, 5) is 49.8. The van der Waals surface area contributed by atoms with Crippen molar-refractivity contribution in [2.45, 2.75) is 25.9 Å². The summed E-state index contributed by atoms with van der Waals surface area (Å²) in [6.45, 7) is 2.61. The maximum absolute atomic E-state index is 12.4. The third kappa shape index (κ3) is 5.03. The van der Waals surface area contributed by atoms with Crippen molar-refractivity contribution in [3.63, 3.8) is 0 Å². The fraction of sp³-hybridized carbons (Fsp3) is 0.280. The second kappa shape index (κ2) is 10.7. The Bertz CT molecular complexity index is 1320. The molecule has 204 valence electrons. The van der Waals surface area contributed by atoms with Gasteiger partial charge in [0.1, 0.15) is 11.5 Å². The second-order valence-electron chi connectivity index (χ2n) is 8.82. The zero-order valence-corrected chi connectivity index (χ0v) is 21.5. The molecule has 0 saturated heterocycles. The van der Waals surface area contributed by atoms with Crippen LogP contribution in [-0.2, 0) is 0 Å². The number of allylic oxidation sites excluding steroid dienone is 2. The molecule has 2 aliphatic rings. The normalized spacial score (nSPS) is 19.5. The van der Waals surface area contributed by atoms with Gasteiger partial charge >= 0.3 is 12.1 Å². The molecule has 2 N–H and O–H groups in total. The lowest BCUT2D eigenvalue weighted by Crippen LogP contribution is -2.46. The Hall–Kier alpha value is -5.14. The fourth-order valence-corrected chi connectivity index (χ4v) is 4.43. The molecule has 39 heavy (non-hydrogen) atoms. The van der Waals surface area contributed by atoms with E-state index in [0.29, 0.717) is 11.1 Å². The van der Waals surface area contributed by atoms with E-state index in [9.17, 15) is 29.8 Å². The quantitative estimate of drug-likeness (QED) is 0.292. The molecule has 2 heterocycles. The first-order valence-corrected chi connectivity index (χ1v) is 11.7. The molecule has 0 spiro atoms. The van der Waals surface area contributed by atoms with E-state index in [2.05, 4.69) is 10.6 Å². The predicted octanol–water partition coefficient (Wildman–Crippen LogP) is 3.51. The highest BCUT2D eigenvalue weighted by Crippen LogP contribution is 2.37. The molecule has 2 unspecified atom stereocenters. The van der Waals surface area contributed by atoms with E-state index < -0.39 is 34.0 Å². The summed E-state index contributed by atoms with van der Waals surface area (Å²) in [5.41, 5.74) is 0.675. The number of para-hydroxylation sites is 2. The van der Waals surface area contributed by atoms with Crippen LogP contribution < -0.4 is 20.1 Å². The lowest BCUT2D eigenvalue weighted by atomic mass is 9.99. The highest BCUT2D eigenvalue weighted by molar-refractivity contribution is 5.79. The number of carbonyl (C=O) groups is 2. The van der Waals surface area contributed by atoms with Gasteiger partial charge in [-0.2, -0.15) is 0 Å². The van der Waals surface area contributed by atoms with E-state index in [1.165, 1.54) is 27.9 Å². The van der Waals surface area contributed by atoms with Crippen molar-refractivity contribution in [3.8, 4) is 11.5 Å². The Morgan fingerprint density at radius 3 is 1.46 bits per heavy atom. The van der Waals surface area contributed by atoms with Gasteiger partial charge < -0.3 is 20.1 Å². The van der Waals surface area contributed by atoms with E-state index in [0.717, 1.165) is 9.80 Å². The lowest BCUT2D eigenvalue weighted by molar-refractivity contribution is -0.433. The van der Waals surface area contributed by atoms with Gasteiger partial charge in [0.15, 0.2) is 12.1 Å². The summed E-state index contributed by atoms with van der Waals surface area (Å²) in [5.74, 6) is 0.456. The van der Waals surface area contributed by atoms with Gasteiger partial charge in [0.25, 0.3) is 11.4 Å². The van der Waals surface area contributed by atoms with Gasteiger partial charge in [0.2, 0.25) is 6.79 Å². The first-order chi connectivity index (χ1) is 18.5. The van der Waals surface area contributed by atoms with Crippen LogP contribution in [0, 0.1) is 20.2 Å². The van der Waals surface area contributed by atoms with Crippen molar-refractivity contribution in [1.29, 1.82) is 0 Å². The van der Waals surface area contributed by atoms with E-state index in [1.807, 2.05) is 0 Å². The summed E-state index contributed by atoms with van der Waals surface area (Å²) in [6.07, 6.45) is 0. The van der Waals surface area contributed by atoms with Crippen LogP contribution in [0.3, 0.4) is 0 Å². The zero-order valence-electron chi connectivity index (χ0n) is 21.5. The molecular weight excluding hydrogens is 512 g/mol. The van der Waals surface area contributed by atoms with Gasteiger partial charge in [-0.1, -0.05) is 36.4 Å². The first-order valence-electron chi connectivity index (χ1n) is 11.7. The third-order valence-electron chi connectivity index (χ3n) is 6.72. The summed E-state index contributed by atoms with van der Waals surface area (Å²) in [7, 11) is 2.87. The molecule has 2 aliphatic heterocycles. The third-order valence-corrected chi connectivity index (χ3v) is 6.72. The van der Waals surface area contributed by atoms with Gasteiger partial charge in [-0.3, -0.25) is 30.0 Å². The minimum Gasteiger partial charge on any atom is -0.457 e. The Labute approximate surface area is 222 Å². The molecule has 14 heteroatoms. The number of amides is 4. The number of nitro groups is 2. The molecule has 14 nitrogen and oxygen atoms in total. The van der Waals surface area contributed by atoms with E-state index in [-0.39, 0.29) is 41.1 Å². The van der Waals surface area contributed by atoms with Crippen LogP contribution in [-0.4, -0.2) is 52.6 Å². The maximum Gasteiger partial charge on any atom is 0.322 e. The Kier molecular flexibility index (Phi) is 7.38. The van der Waals surface area contributed by atoms with E-state index in [4.69, 9.17) is 9.47 Å². The number of carbonyl (C=O) groups excluding carboxylic acids is 2. The van der Waals surface area contributed by atoms with E-state index in [1.54, 1.807) is 48.5 Å². The molecule has 4 rings (SSSR count). The van der Waals surface area contributed by atoms with Crippen molar-refractivity contribution >= 4 is 12.1 Å². The van der Waals surface area contributed by atoms with E-state index >= 15 is 0 Å². The van der Waals surface area contributed by atoms with Crippen molar-refractivity contribution < 1.29 is 28.9 Å². The molecule has 0 bridgehead atoms. The number of hydrogen-bond acceptors (Lipinski definition) is 8. The second-order valence-corrected chi connectivity index (χ2v) is 8.82. The zero-order chi connectivity index (χ0) is 28.4. The average molecular weight is 539 g/mol. The minimum absolute atomic E-state index is 0.193. The summed E-state index contributed by atoms with van der Waals surface area (Å²) in [6, 6.07) is 9.85. The van der Waals surface area contributed by atoms with Gasteiger partial charge in [-0.05, 0) is 26.0 Å². The van der Waals surface area contributed by atoms with Crippen molar-refractivity contribution in [2.75, 3.05) is 20.9 Å². The topological polar surface area (TPSA) is 169 Å². The molecule has 0 saturated carbocycles. The summed E-state index contributed by atoms with van der Waals surface area (Å²) >= 11 is 0. The molecule has 0 aromatic heterocycles. The minimum atomic E-state index is -1.07. The molecule has 4 amide bonds. The number of benzene rings is 2. The molecule has 2 aromatic rings. The molecule has 2 aromatic carbocycles. The predicted molar refractivity (Wildman–Crippen MR) is 136 cm³/mol. The van der Waals surface area contributed by atoms with Crippen LogP contribution in [0.25, 0.3) is 0 Å². The summed E-state index contributed by atoms with van der Waals surface area (Å²) < 4.78 is 11.6. The maximum atomic E-state index is 12.4. The molecular formula is C25H26N6O8. The number of urea groups is 2. The van der Waals surface area contributed by atoms with Gasteiger partial charge in [0, 0.05) is 25.2 Å². The van der Waals surface area contributed by atoms with Crippen LogP contribution in [0.15, 0.2) is 71.3 Å². The van der Waals surface area contributed by atoms with Crippen LogP contribution >= 0.6 is 0 Å². The van der Waals surface area contributed by atoms with Gasteiger partial charge in [-0.15, -0.1) is 0 Å². The SMILES string of the molecule is CC1=C([N+](=O)[O-])C(c2ccccc2OCOc2ccccc2C2NC(=O)N(C)C(C)=C2[N+](=O)[O-])NC(=O)N1C. The number of nitrogens with one attached hydrogen (secondary N) is 2. The van der Waals surface area contributed by atoms with Crippen LogP contribution in [0.5, 0.6) is 11.5 Å². The van der Waals surface area contributed by atoms with Gasteiger partial charge in [0.05, 0.1) is 21.2 Å². The van der Waals surface area contributed by atoms with Crippen LogP contribution in [0.2, 0.25) is 0 Å². The Morgan fingerprint density at radius 2 is 1.10 bits per heavy atom. The lowest BCUT2D eigenvalue weighted by Gasteiger charge is -2.30. The van der Waals surface area contributed by atoms with Gasteiger partial charge in [-0.25, -0.2) is 9.59 Å². The smallest absolute Gasteiger partial charge is 0.322 e. The first kappa shape index (κ1) is 26.9. The Balaban J connectivity index is 1.60. The Morgan fingerprint density at radius 1 is 0.744 bits per heavy atom. The average Bonchev–Trinajstić information content (AvgIpc) is 2.90. The van der Waals surface area contributed by atoms with Crippen molar-refractivity contribution in [3.05, 3.63) is 103 Å². The highest BCUT2D eigenvalue weighted by Gasteiger charge is 2.40. The molecule has 0 aliphatic carbocycles. The summed E-state index contributed by atoms with van der Waals surface area (Å²) in [5, 5.41) is 29.0. The number of hydrogen-bond donors (Lipinski definition) is 2. The fourth-order valence-electron chi connectivity index (χ4n) is 4.43. The van der Waals surface area contributed by atoms with Crippen LogP contribution in [0.1, 0.15) is 37.1 Å². The van der Waals surface area contributed by atoms with Crippen molar-refractivity contribution in [2.24, 2.45) is 0 Å². The molecule has 0 fully saturated rings. The largest absolute Gasteiger partial charge is 0.457 e. The molecule has 2 atom stereocenters. The number of ether oxygens (including phenoxy) is 2. The number of rotatable bonds is 8. The van der Waals surface area contributed by atoms with Crippen LogP contribution in [0.4, 0.5) is 9.59 Å². The standard InChI is InChI=1S/C25H26N6O8/c1-14-22(30(34)35)20(26-24(32)28(14)3)16-9-5-7-11-18(16)38-13-39-19-12-8-6-10-17(19)21-23(31(36)37)15(2)29(4)25(33)27-21/h5-12,20-21H,13H2,1-4H3,(H,26,32)(H,27,33). The van der Waals surface area contributed by atoms with Crippen molar-refractivity contribution in [1.82, 2.24) is 20.4 Å². The molecule has 0 radical (unpaired) electrons. The highest BCUT2D eigenvalue weighted by atomic mass is 16.7. The number of nitrogens with zero attached hydrogens (tertiary/aromatic N) is 4.